The second kappa shape index (κ2) is 7.31. The third-order valence-electron chi connectivity index (χ3n) is 7.03. The van der Waals surface area contributed by atoms with E-state index >= 15 is 0 Å². The van der Waals surface area contributed by atoms with Crippen molar-refractivity contribution in [2.75, 3.05) is 11.5 Å². The van der Waals surface area contributed by atoms with Crippen molar-refractivity contribution < 1.29 is 0 Å². The average Bonchev–Trinajstić information content (AvgIpc) is 3.15. The number of nitrogens with two attached hydrogens (primary N) is 2. The Morgan fingerprint density at radius 2 is 1.23 bits per heavy atom. The molecule has 31 heavy (non-hydrogen) atoms. The van der Waals surface area contributed by atoms with Crippen molar-refractivity contribution in [3.63, 3.8) is 0 Å². The minimum absolute atomic E-state index is 0.256. The summed E-state index contributed by atoms with van der Waals surface area (Å²) in [6.07, 6.45) is 0.975. The molecule has 1 aliphatic carbocycles. The van der Waals surface area contributed by atoms with Crippen LogP contribution in [0.5, 0.6) is 0 Å². The van der Waals surface area contributed by atoms with Gasteiger partial charge in [0, 0.05) is 22.7 Å². The summed E-state index contributed by atoms with van der Waals surface area (Å²) in [5, 5.41) is 0. The van der Waals surface area contributed by atoms with Crippen molar-refractivity contribution in [2.45, 2.75) is 31.6 Å². The molecule has 4 N–H and O–H groups in total. The van der Waals surface area contributed by atoms with Gasteiger partial charge in [0.1, 0.15) is 0 Å². The molecule has 154 valence electrons. The predicted octanol–water partition coefficient (Wildman–Crippen LogP) is 6.34. The fourth-order valence-corrected chi connectivity index (χ4v) is 5.29. The Kier molecular flexibility index (Phi) is 4.59. The number of anilines is 2. The third kappa shape index (κ3) is 3.02. The number of benzene rings is 4. The van der Waals surface area contributed by atoms with Crippen LogP contribution in [0.1, 0.15) is 51.3 Å². The van der Waals surface area contributed by atoms with Gasteiger partial charge in [-0.05, 0) is 71.3 Å². The first kappa shape index (κ1) is 19.4. The van der Waals surface area contributed by atoms with Crippen LogP contribution < -0.4 is 11.5 Å². The average molecular weight is 405 g/mol. The third-order valence-corrected chi connectivity index (χ3v) is 7.03. The van der Waals surface area contributed by atoms with Gasteiger partial charge in [0.15, 0.2) is 0 Å². The monoisotopic (exact) mass is 404 g/mol. The first-order chi connectivity index (χ1) is 15.0. The summed E-state index contributed by atoms with van der Waals surface area (Å²) in [6.45, 7) is 4.19. The Balaban J connectivity index is 1.82. The van der Waals surface area contributed by atoms with Gasteiger partial charge < -0.3 is 11.5 Å². The molecule has 4 aromatic carbocycles. The highest BCUT2D eigenvalue weighted by molar-refractivity contribution is 5.64. The van der Waals surface area contributed by atoms with Gasteiger partial charge in [-0.3, -0.25) is 0 Å². The normalized spacial score (nSPS) is 16.8. The van der Waals surface area contributed by atoms with Crippen LogP contribution in [0.25, 0.3) is 0 Å². The van der Waals surface area contributed by atoms with E-state index in [1.165, 1.54) is 27.8 Å². The molecule has 0 saturated heterocycles. The maximum atomic E-state index is 6.21. The summed E-state index contributed by atoms with van der Waals surface area (Å²) < 4.78 is 0. The van der Waals surface area contributed by atoms with Gasteiger partial charge in [0.2, 0.25) is 0 Å². The van der Waals surface area contributed by atoms with Gasteiger partial charge in [-0.25, -0.2) is 0 Å². The van der Waals surface area contributed by atoms with E-state index in [1.54, 1.807) is 0 Å². The van der Waals surface area contributed by atoms with E-state index in [0.717, 1.165) is 28.9 Å². The van der Waals surface area contributed by atoms with Crippen molar-refractivity contribution >= 4 is 11.4 Å². The Hall–Kier alpha value is -3.52. The molecule has 1 unspecified atom stereocenters. The first-order valence-corrected chi connectivity index (χ1v) is 10.9. The van der Waals surface area contributed by atoms with E-state index < -0.39 is 0 Å². The number of aryl methyl sites for hydroxylation is 2. The standard InChI is InChI=1S/C29H28N2/c1-19-16-22(12-14-27(19)30)29(23-13-15-28(31)20(2)17-23)18-25(21-8-4-3-5-9-21)24-10-6-7-11-26(24)29/h3-17,25H,18,30-31H2,1-2H3. The van der Waals surface area contributed by atoms with Crippen molar-refractivity contribution in [2.24, 2.45) is 0 Å². The van der Waals surface area contributed by atoms with Crippen molar-refractivity contribution in [3.05, 3.63) is 130 Å². The number of hydrogen-bond donors (Lipinski definition) is 2. The molecule has 2 nitrogen and oxygen atoms in total. The maximum Gasteiger partial charge on any atom is 0.0463 e. The zero-order valence-electron chi connectivity index (χ0n) is 18.1. The zero-order chi connectivity index (χ0) is 21.6. The van der Waals surface area contributed by atoms with Crippen LogP contribution in [-0.4, -0.2) is 0 Å². The van der Waals surface area contributed by atoms with Crippen LogP contribution in [0, 0.1) is 13.8 Å². The van der Waals surface area contributed by atoms with Gasteiger partial charge in [0.25, 0.3) is 0 Å². The second-order valence-corrected chi connectivity index (χ2v) is 8.80. The number of hydrogen-bond acceptors (Lipinski definition) is 2. The number of rotatable bonds is 3. The fraction of sp³-hybridized carbons (Fsp3) is 0.172. The van der Waals surface area contributed by atoms with E-state index in [2.05, 4.69) is 105 Å². The summed E-state index contributed by atoms with van der Waals surface area (Å²) >= 11 is 0. The van der Waals surface area contributed by atoms with E-state index in [4.69, 9.17) is 11.5 Å². The van der Waals surface area contributed by atoms with Crippen LogP contribution in [0.3, 0.4) is 0 Å². The highest BCUT2D eigenvalue weighted by Crippen LogP contribution is 2.56. The lowest BCUT2D eigenvalue weighted by Gasteiger charge is -2.33. The van der Waals surface area contributed by atoms with Gasteiger partial charge in [-0.1, -0.05) is 78.9 Å². The van der Waals surface area contributed by atoms with Crippen LogP contribution in [-0.2, 0) is 5.41 Å². The topological polar surface area (TPSA) is 52.0 Å². The molecule has 0 aromatic heterocycles. The molecule has 1 aliphatic rings. The summed E-state index contributed by atoms with van der Waals surface area (Å²) in [5.41, 5.74) is 22.8. The van der Waals surface area contributed by atoms with Gasteiger partial charge in [0.05, 0.1) is 0 Å². The smallest absolute Gasteiger partial charge is 0.0463 e. The number of nitrogen functional groups attached to an aromatic ring is 2. The van der Waals surface area contributed by atoms with Gasteiger partial charge >= 0.3 is 0 Å². The maximum absolute atomic E-state index is 6.21. The molecule has 0 spiro atoms. The largest absolute Gasteiger partial charge is 0.399 e. The molecule has 0 radical (unpaired) electrons. The summed E-state index contributed by atoms with van der Waals surface area (Å²) in [6, 6.07) is 32.8. The molecule has 0 bridgehead atoms. The highest BCUT2D eigenvalue weighted by Gasteiger charge is 2.46. The quantitative estimate of drug-likeness (QED) is 0.392. The second-order valence-electron chi connectivity index (χ2n) is 8.80. The van der Waals surface area contributed by atoms with Crippen molar-refractivity contribution in [3.8, 4) is 0 Å². The van der Waals surface area contributed by atoms with Crippen LogP contribution in [0.2, 0.25) is 0 Å². The first-order valence-electron chi connectivity index (χ1n) is 10.9. The molecular formula is C29H28N2. The van der Waals surface area contributed by atoms with E-state index in [1.807, 2.05) is 0 Å². The van der Waals surface area contributed by atoms with E-state index in [0.29, 0.717) is 5.92 Å². The van der Waals surface area contributed by atoms with Crippen LogP contribution in [0.15, 0.2) is 91.0 Å². The SMILES string of the molecule is Cc1cc(C2(c3ccc(N)c(C)c3)CC(c3ccccc3)c3ccccc32)ccc1N. The van der Waals surface area contributed by atoms with Gasteiger partial charge in [-0.15, -0.1) is 0 Å². The van der Waals surface area contributed by atoms with Crippen LogP contribution >= 0.6 is 0 Å². The predicted molar refractivity (Wildman–Crippen MR) is 130 cm³/mol. The molecule has 1 atom stereocenters. The lowest BCUT2D eigenvalue weighted by molar-refractivity contribution is 0.576. The molecule has 0 saturated carbocycles. The lowest BCUT2D eigenvalue weighted by atomic mass is 9.69. The van der Waals surface area contributed by atoms with E-state index in [9.17, 15) is 0 Å². The molecule has 2 heteroatoms. The Labute approximate surface area is 184 Å². The van der Waals surface area contributed by atoms with Gasteiger partial charge in [-0.2, -0.15) is 0 Å². The molecule has 0 heterocycles. The Bertz CT molecular complexity index is 1210. The molecule has 4 aromatic rings. The molecule has 0 amide bonds. The molecule has 0 aliphatic heterocycles. The highest BCUT2D eigenvalue weighted by atomic mass is 14.6. The fourth-order valence-electron chi connectivity index (χ4n) is 5.29. The molecular weight excluding hydrogens is 376 g/mol. The van der Waals surface area contributed by atoms with E-state index in [-0.39, 0.29) is 5.41 Å². The van der Waals surface area contributed by atoms with Crippen LogP contribution in [0.4, 0.5) is 11.4 Å². The molecule has 5 rings (SSSR count). The Morgan fingerprint density at radius 3 is 1.81 bits per heavy atom. The van der Waals surface area contributed by atoms with Crippen molar-refractivity contribution in [1.82, 2.24) is 0 Å². The number of fused-ring (bicyclic) bond motifs is 1. The lowest BCUT2D eigenvalue weighted by Crippen LogP contribution is -2.27. The van der Waals surface area contributed by atoms with Crippen molar-refractivity contribution in [1.29, 1.82) is 0 Å². The minimum Gasteiger partial charge on any atom is -0.399 e. The summed E-state index contributed by atoms with van der Waals surface area (Å²) in [5.74, 6) is 0.327. The Morgan fingerprint density at radius 1 is 0.677 bits per heavy atom. The minimum atomic E-state index is -0.256. The molecule has 0 fully saturated rings. The summed E-state index contributed by atoms with van der Waals surface area (Å²) in [7, 11) is 0. The zero-order valence-corrected chi connectivity index (χ0v) is 18.1. The summed E-state index contributed by atoms with van der Waals surface area (Å²) in [4.78, 5) is 0.